The minimum absolute atomic E-state index is 0.0123. The molecule has 0 spiro atoms. The molecule has 2 aliphatic heterocycles. The van der Waals surface area contributed by atoms with Crippen molar-refractivity contribution < 1.29 is 28.5 Å². The summed E-state index contributed by atoms with van der Waals surface area (Å²) in [6.07, 6.45) is 2.69. The number of hydrogen-bond acceptors (Lipinski definition) is 8. The summed E-state index contributed by atoms with van der Waals surface area (Å²) < 4.78 is 33.8. The van der Waals surface area contributed by atoms with Gasteiger partial charge in [-0.15, -0.1) is 0 Å². The number of benzene rings is 2. The predicted octanol–water partition coefficient (Wildman–Crippen LogP) is 4.55. The first-order valence-electron chi connectivity index (χ1n) is 14.0. The summed E-state index contributed by atoms with van der Waals surface area (Å²) in [6.45, 7) is 3.65. The Hall–Kier alpha value is -4.53. The Kier molecular flexibility index (Phi) is 7.99. The first-order valence-corrected chi connectivity index (χ1v) is 14.0. The number of nitriles is 1. The van der Waals surface area contributed by atoms with E-state index >= 15 is 0 Å². The van der Waals surface area contributed by atoms with Gasteiger partial charge in [-0.25, -0.2) is 14.2 Å². The summed E-state index contributed by atoms with van der Waals surface area (Å²) in [5, 5.41) is 18.4. The van der Waals surface area contributed by atoms with E-state index in [1.807, 2.05) is 6.07 Å². The van der Waals surface area contributed by atoms with Crippen molar-refractivity contribution in [2.75, 3.05) is 19.7 Å². The maximum absolute atomic E-state index is 14.2. The number of halogens is 1. The standard InChI is InChI=1S/C31H30FN5O5/c32-25-14-20(16-33)4-5-22(25)19-41-29-2-1-3-30(35-29)42-23-8-11-36(12-9-23)18-28-34-26-7-6-21(31(38)39)15-27(26)37(28)17-24-10-13-40-24/h1-7,14-15,23-24H,8-13,17-19H2,(H,38,39)/t24-/m0/s1. The molecule has 42 heavy (non-hydrogen) atoms. The van der Waals surface area contributed by atoms with Gasteiger partial charge in [0.2, 0.25) is 11.8 Å². The molecule has 2 aromatic carbocycles. The van der Waals surface area contributed by atoms with Gasteiger partial charge in [-0.1, -0.05) is 12.1 Å². The molecule has 11 heteroatoms. The summed E-state index contributed by atoms with van der Waals surface area (Å²) in [6, 6.07) is 16.5. The lowest BCUT2D eigenvalue weighted by Crippen LogP contribution is -2.39. The molecule has 2 fully saturated rings. The van der Waals surface area contributed by atoms with Crippen molar-refractivity contribution in [1.82, 2.24) is 19.4 Å². The second kappa shape index (κ2) is 12.1. The third-order valence-corrected chi connectivity index (χ3v) is 7.70. The number of rotatable bonds is 10. The lowest BCUT2D eigenvalue weighted by molar-refractivity contribution is -0.0592. The van der Waals surface area contributed by atoms with Crippen LogP contribution >= 0.6 is 0 Å². The van der Waals surface area contributed by atoms with E-state index in [4.69, 9.17) is 24.5 Å². The largest absolute Gasteiger partial charge is 0.478 e. The molecule has 0 amide bonds. The van der Waals surface area contributed by atoms with Crippen LogP contribution in [0.3, 0.4) is 0 Å². The van der Waals surface area contributed by atoms with E-state index in [9.17, 15) is 14.3 Å². The highest BCUT2D eigenvalue weighted by atomic mass is 19.1. The number of carboxylic acid groups (broad SMARTS) is 1. The zero-order valence-corrected chi connectivity index (χ0v) is 22.9. The molecule has 216 valence electrons. The summed E-state index contributed by atoms with van der Waals surface area (Å²) in [7, 11) is 0. The summed E-state index contributed by atoms with van der Waals surface area (Å²) >= 11 is 0. The summed E-state index contributed by atoms with van der Waals surface area (Å²) in [5.74, 6) is 0.217. The average Bonchev–Trinajstić information content (AvgIpc) is 3.31. The SMILES string of the molecule is N#Cc1ccc(COc2cccc(OC3CCN(Cc4nc5ccc(C(=O)O)cc5n4C[C@@H]4CCO4)CC3)n2)c(F)c1. The van der Waals surface area contributed by atoms with E-state index < -0.39 is 11.8 Å². The molecule has 0 aliphatic carbocycles. The second-order valence-corrected chi connectivity index (χ2v) is 10.5. The summed E-state index contributed by atoms with van der Waals surface area (Å²) in [5.41, 5.74) is 2.43. The Labute approximate surface area is 241 Å². The average molecular weight is 572 g/mol. The highest BCUT2D eigenvalue weighted by Crippen LogP contribution is 2.25. The highest BCUT2D eigenvalue weighted by molar-refractivity contribution is 5.92. The lowest BCUT2D eigenvalue weighted by Gasteiger charge is -2.32. The second-order valence-electron chi connectivity index (χ2n) is 10.5. The topological polar surface area (TPSA) is 123 Å². The number of hydrogen-bond donors (Lipinski definition) is 1. The van der Waals surface area contributed by atoms with Gasteiger partial charge in [0.05, 0.1) is 47.4 Å². The normalized spacial score (nSPS) is 17.5. The third kappa shape index (κ3) is 6.20. The Morgan fingerprint density at radius 2 is 1.90 bits per heavy atom. The molecule has 2 aliphatic rings. The highest BCUT2D eigenvalue weighted by Gasteiger charge is 2.26. The fourth-order valence-corrected chi connectivity index (χ4v) is 5.25. The van der Waals surface area contributed by atoms with Gasteiger partial charge in [0, 0.05) is 37.4 Å². The van der Waals surface area contributed by atoms with Gasteiger partial charge in [-0.3, -0.25) is 4.90 Å². The molecule has 4 heterocycles. The van der Waals surface area contributed by atoms with E-state index in [0.717, 1.165) is 55.8 Å². The molecule has 0 radical (unpaired) electrons. The van der Waals surface area contributed by atoms with E-state index in [-0.39, 0.29) is 29.9 Å². The van der Waals surface area contributed by atoms with Gasteiger partial charge in [0.25, 0.3) is 0 Å². The molecule has 1 atom stereocenters. The predicted molar refractivity (Wildman–Crippen MR) is 150 cm³/mol. The maximum atomic E-state index is 14.2. The molecule has 2 saturated heterocycles. The van der Waals surface area contributed by atoms with Gasteiger partial charge in [0.1, 0.15) is 24.4 Å². The molecule has 10 nitrogen and oxygen atoms in total. The van der Waals surface area contributed by atoms with Crippen molar-refractivity contribution in [2.24, 2.45) is 0 Å². The molecular formula is C31H30FN5O5. The van der Waals surface area contributed by atoms with Crippen LogP contribution in [0.1, 0.15) is 46.6 Å². The molecular weight excluding hydrogens is 541 g/mol. The number of nitrogens with zero attached hydrogens (tertiary/aromatic N) is 5. The molecule has 6 rings (SSSR count). The maximum Gasteiger partial charge on any atom is 0.335 e. The minimum atomic E-state index is -0.958. The van der Waals surface area contributed by atoms with Gasteiger partial charge >= 0.3 is 5.97 Å². The van der Waals surface area contributed by atoms with Gasteiger partial charge < -0.3 is 23.9 Å². The van der Waals surface area contributed by atoms with Crippen LogP contribution in [-0.2, 0) is 24.4 Å². The molecule has 0 saturated carbocycles. The molecule has 1 N–H and O–H groups in total. The van der Waals surface area contributed by atoms with E-state index in [1.54, 1.807) is 42.5 Å². The number of aromatic nitrogens is 3. The Balaban J connectivity index is 1.06. The van der Waals surface area contributed by atoms with Crippen LogP contribution in [0.2, 0.25) is 0 Å². The Bertz CT molecular complexity index is 1640. The van der Waals surface area contributed by atoms with Crippen molar-refractivity contribution in [1.29, 1.82) is 5.26 Å². The number of fused-ring (bicyclic) bond motifs is 1. The van der Waals surface area contributed by atoms with Crippen LogP contribution in [0.25, 0.3) is 11.0 Å². The van der Waals surface area contributed by atoms with Crippen molar-refractivity contribution in [2.45, 2.75) is 51.2 Å². The monoisotopic (exact) mass is 571 g/mol. The van der Waals surface area contributed by atoms with E-state index in [0.29, 0.717) is 30.4 Å². The van der Waals surface area contributed by atoms with Crippen molar-refractivity contribution in [3.8, 4) is 17.8 Å². The number of imidazole rings is 1. The Morgan fingerprint density at radius 1 is 1.10 bits per heavy atom. The molecule has 2 aromatic heterocycles. The zero-order valence-electron chi connectivity index (χ0n) is 22.9. The van der Waals surface area contributed by atoms with Gasteiger partial charge in [-0.2, -0.15) is 10.2 Å². The molecule has 0 unspecified atom stereocenters. The zero-order chi connectivity index (χ0) is 29.1. The molecule has 4 aromatic rings. The molecule has 0 bridgehead atoms. The quantitative estimate of drug-likeness (QED) is 0.292. The van der Waals surface area contributed by atoms with Crippen LogP contribution in [0, 0.1) is 17.1 Å². The smallest absolute Gasteiger partial charge is 0.335 e. The van der Waals surface area contributed by atoms with Crippen LogP contribution in [-0.4, -0.2) is 62.4 Å². The number of piperidine rings is 1. The first kappa shape index (κ1) is 27.6. The van der Waals surface area contributed by atoms with Gasteiger partial charge in [-0.05, 0) is 49.6 Å². The summed E-state index contributed by atoms with van der Waals surface area (Å²) in [4.78, 5) is 23.2. The van der Waals surface area contributed by atoms with Crippen molar-refractivity contribution in [3.05, 3.63) is 82.9 Å². The van der Waals surface area contributed by atoms with E-state index in [1.165, 1.54) is 12.1 Å². The van der Waals surface area contributed by atoms with Gasteiger partial charge in [0.15, 0.2) is 0 Å². The number of carboxylic acids is 1. The van der Waals surface area contributed by atoms with Crippen LogP contribution < -0.4 is 9.47 Å². The number of ether oxygens (including phenoxy) is 3. The number of aromatic carboxylic acids is 1. The fraction of sp³-hybridized carbons (Fsp3) is 0.355. The van der Waals surface area contributed by atoms with Crippen LogP contribution in [0.5, 0.6) is 11.8 Å². The van der Waals surface area contributed by atoms with E-state index in [2.05, 4.69) is 14.5 Å². The Morgan fingerprint density at radius 3 is 2.62 bits per heavy atom. The van der Waals surface area contributed by atoms with Crippen molar-refractivity contribution >= 4 is 17.0 Å². The third-order valence-electron chi connectivity index (χ3n) is 7.70. The van der Waals surface area contributed by atoms with Crippen molar-refractivity contribution in [3.63, 3.8) is 0 Å². The van der Waals surface area contributed by atoms with Crippen LogP contribution in [0.4, 0.5) is 4.39 Å². The number of likely N-dealkylation sites (tertiary alicyclic amines) is 1. The minimum Gasteiger partial charge on any atom is -0.478 e. The van der Waals surface area contributed by atoms with Crippen LogP contribution in [0.15, 0.2) is 54.6 Å². The number of pyridine rings is 1. The number of carbonyl (C=O) groups is 1. The first-order chi connectivity index (χ1) is 20.4. The lowest BCUT2D eigenvalue weighted by atomic mass is 10.1. The fourth-order valence-electron chi connectivity index (χ4n) is 5.25.